The maximum absolute atomic E-state index is 12.3. The van der Waals surface area contributed by atoms with Crippen LogP contribution >= 0.6 is 0 Å². The first-order valence-electron chi connectivity index (χ1n) is 8.01. The minimum Gasteiger partial charge on any atom is -0.490 e. The van der Waals surface area contributed by atoms with Gasteiger partial charge in [-0.25, -0.2) is 0 Å². The van der Waals surface area contributed by atoms with E-state index >= 15 is 0 Å². The number of carbonyl (C=O) groups excluding carboxylic acids is 1. The quantitative estimate of drug-likeness (QED) is 0.679. The molecule has 0 aromatic heterocycles. The van der Waals surface area contributed by atoms with Crippen LogP contribution in [0.15, 0.2) is 12.1 Å². The lowest BCUT2D eigenvalue weighted by Gasteiger charge is -2.17. The van der Waals surface area contributed by atoms with E-state index in [4.69, 9.17) is 19.3 Å². The van der Waals surface area contributed by atoms with Crippen LogP contribution in [0.2, 0.25) is 0 Å². The largest absolute Gasteiger partial charge is 0.490 e. The van der Waals surface area contributed by atoms with Crippen molar-refractivity contribution in [3.8, 4) is 17.2 Å². The molecule has 0 saturated heterocycles. The Labute approximate surface area is 141 Å². The van der Waals surface area contributed by atoms with Crippen LogP contribution in [0, 0.1) is 5.92 Å². The fourth-order valence-corrected chi connectivity index (χ4v) is 1.95. The van der Waals surface area contributed by atoms with Crippen molar-refractivity contribution in [2.75, 3.05) is 26.4 Å². The summed E-state index contributed by atoms with van der Waals surface area (Å²) in [6.07, 6.45) is 0. The zero-order valence-electron chi connectivity index (χ0n) is 14.5. The second-order valence-corrected chi connectivity index (χ2v) is 5.05. The van der Waals surface area contributed by atoms with E-state index in [1.165, 1.54) is 6.92 Å². The molecule has 7 nitrogen and oxygen atoms in total. The molecule has 0 fully saturated rings. The Morgan fingerprint density at radius 2 is 1.54 bits per heavy atom. The number of hydrogen-bond acceptors (Lipinski definition) is 5. The van der Waals surface area contributed by atoms with Crippen molar-refractivity contribution in [2.24, 2.45) is 5.92 Å². The highest BCUT2D eigenvalue weighted by atomic mass is 16.5. The minimum atomic E-state index is -0.966. The predicted octanol–water partition coefficient (Wildman–Crippen LogP) is 2.33. The lowest BCUT2D eigenvalue weighted by molar-refractivity contribution is -0.140. The second kappa shape index (κ2) is 9.64. The number of amides is 1. The Bertz CT molecular complexity index is 545. The van der Waals surface area contributed by atoms with Gasteiger partial charge in [-0.05, 0) is 32.9 Å². The number of carboxylic acids is 1. The van der Waals surface area contributed by atoms with Crippen molar-refractivity contribution in [3.05, 3.63) is 17.7 Å². The molecule has 1 rings (SSSR count). The first-order chi connectivity index (χ1) is 11.4. The average molecular weight is 339 g/mol. The van der Waals surface area contributed by atoms with Crippen molar-refractivity contribution < 1.29 is 28.9 Å². The standard InChI is InChI=1S/C17H25NO6/c1-5-22-13-8-12(16(19)18-10-11(4)17(20)21)9-14(23-6-2)15(13)24-7-3/h8-9,11H,5-7,10H2,1-4H3,(H,18,19)(H,20,21)/t11-/m1/s1. The summed E-state index contributed by atoms with van der Waals surface area (Å²) in [5.74, 6) is -0.741. The molecule has 1 atom stereocenters. The van der Waals surface area contributed by atoms with E-state index in [1.807, 2.05) is 20.8 Å². The Balaban J connectivity index is 3.09. The van der Waals surface area contributed by atoms with Crippen LogP contribution < -0.4 is 19.5 Å². The molecule has 0 radical (unpaired) electrons. The number of carboxylic acid groups (broad SMARTS) is 1. The molecule has 24 heavy (non-hydrogen) atoms. The highest BCUT2D eigenvalue weighted by Gasteiger charge is 2.19. The Hall–Kier alpha value is -2.44. The van der Waals surface area contributed by atoms with Crippen LogP contribution in [0.1, 0.15) is 38.1 Å². The SMILES string of the molecule is CCOc1cc(C(=O)NC[C@@H](C)C(=O)O)cc(OCC)c1OCC. The van der Waals surface area contributed by atoms with Crippen LogP contribution in [0.4, 0.5) is 0 Å². The van der Waals surface area contributed by atoms with Gasteiger partial charge in [-0.15, -0.1) is 0 Å². The molecule has 2 N–H and O–H groups in total. The van der Waals surface area contributed by atoms with Gasteiger partial charge in [0.15, 0.2) is 11.5 Å². The van der Waals surface area contributed by atoms with Crippen molar-refractivity contribution in [1.82, 2.24) is 5.32 Å². The van der Waals surface area contributed by atoms with Gasteiger partial charge in [0.25, 0.3) is 5.91 Å². The van der Waals surface area contributed by atoms with Gasteiger partial charge in [-0.3, -0.25) is 9.59 Å². The first-order valence-corrected chi connectivity index (χ1v) is 8.01. The van der Waals surface area contributed by atoms with Crippen LogP contribution in [-0.4, -0.2) is 43.3 Å². The van der Waals surface area contributed by atoms with E-state index in [9.17, 15) is 9.59 Å². The number of nitrogens with one attached hydrogen (secondary N) is 1. The van der Waals surface area contributed by atoms with E-state index in [0.717, 1.165) is 0 Å². The van der Waals surface area contributed by atoms with Gasteiger partial charge in [0.1, 0.15) is 0 Å². The molecule has 0 spiro atoms. The summed E-state index contributed by atoms with van der Waals surface area (Å²) in [7, 11) is 0. The van der Waals surface area contributed by atoms with Gasteiger partial charge in [0.2, 0.25) is 5.75 Å². The average Bonchev–Trinajstić information content (AvgIpc) is 2.55. The van der Waals surface area contributed by atoms with E-state index in [1.54, 1.807) is 12.1 Å². The fourth-order valence-electron chi connectivity index (χ4n) is 1.95. The lowest BCUT2D eigenvalue weighted by atomic mass is 10.1. The molecule has 134 valence electrons. The van der Waals surface area contributed by atoms with E-state index in [0.29, 0.717) is 42.6 Å². The Kier molecular flexibility index (Phi) is 7.88. The molecular formula is C17H25NO6. The predicted molar refractivity (Wildman–Crippen MR) is 89.1 cm³/mol. The topological polar surface area (TPSA) is 94.1 Å². The second-order valence-electron chi connectivity index (χ2n) is 5.05. The summed E-state index contributed by atoms with van der Waals surface area (Å²) in [4.78, 5) is 23.1. The number of aliphatic carboxylic acids is 1. The van der Waals surface area contributed by atoms with Gasteiger partial charge in [0, 0.05) is 12.1 Å². The number of rotatable bonds is 10. The smallest absolute Gasteiger partial charge is 0.308 e. The first kappa shape index (κ1) is 19.6. The molecule has 1 amide bonds. The summed E-state index contributed by atoms with van der Waals surface area (Å²) < 4.78 is 16.7. The molecule has 1 aromatic carbocycles. The number of benzene rings is 1. The third-order valence-electron chi connectivity index (χ3n) is 3.16. The lowest BCUT2D eigenvalue weighted by Crippen LogP contribution is -2.31. The molecule has 0 heterocycles. The van der Waals surface area contributed by atoms with Crippen LogP contribution in [-0.2, 0) is 4.79 Å². The summed E-state index contributed by atoms with van der Waals surface area (Å²) in [5.41, 5.74) is 0.322. The van der Waals surface area contributed by atoms with Crippen LogP contribution in [0.3, 0.4) is 0 Å². The van der Waals surface area contributed by atoms with Crippen molar-refractivity contribution >= 4 is 11.9 Å². The summed E-state index contributed by atoms with van der Waals surface area (Å²) in [6, 6.07) is 3.13. The van der Waals surface area contributed by atoms with E-state index in [-0.39, 0.29) is 6.54 Å². The summed E-state index contributed by atoms with van der Waals surface area (Å²) >= 11 is 0. The molecule has 0 aliphatic carbocycles. The number of carbonyl (C=O) groups is 2. The molecular weight excluding hydrogens is 314 g/mol. The van der Waals surface area contributed by atoms with Gasteiger partial charge in [-0.2, -0.15) is 0 Å². The molecule has 1 aromatic rings. The van der Waals surface area contributed by atoms with Gasteiger partial charge in [-0.1, -0.05) is 6.92 Å². The summed E-state index contributed by atoms with van der Waals surface area (Å²) in [5, 5.41) is 11.5. The molecule has 0 bridgehead atoms. The minimum absolute atomic E-state index is 0.0370. The zero-order chi connectivity index (χ0) is 18.1. The molecule has 0 saturated carbocycles. The van der Waals surface area contributed by atoms with Crippen molar-refractivity contribution in [3.63, 3.8) is 0 Å². The van der Waals surface area contributed by atoms with Crippen molar-refractivity contribution in [1.29, 1.82) is 0 Å². The van der Waals surface area contributed by atoms with Gasteiger partial charge in [0.05, 0.1) is 25.7 Å². The monoisotopic (exact) mass is 339 g/mol. The zero-order valence-corrected chi connectivity index (χ0v) is 14.5. The van der Waals surface area contributed by atoms with E-state index in [2.05, 4.69) is 5.32 Å². The van der Waals surface area contributed by atoms with Crippen LogP contribution in [0.5, 0.6) is 17.2 Å². The normalized spacial score (nSPS) is 11.5. The highest BCUT2D eigenvalue weighted by molar-refractivity contribution is 5.95. The highest BCUT2D eigenvalue weighted by Crippen LogP contribution is 2.39. The molecule has 0 unspecified atom stereocenters. The maximum Gasteiger partial charge on any atom is 0.308 e. The van der Waals surface area contributed by atoms with Gasteiger partial charge >= 0.3 is 5.97 Å². The molecule has 0 aliphatic heterocycles. The van der Waals surface area contributed by atoms with E-state index < -0.39 is 17.8 Å². The van der Waals surface area contributed by atoms with Crippen LogP contribution in [0.25, 0.3) is 0 Å². The molecule has 7 heteroatoms. The number of ether oxygens (including phenoxy) is 3. The fraction of sp³-hybridized carbons (Fsp3) is 0.529. The molecule has 0 aliphatic rings. The summed E-state index contributed by atoms with van der Waals surface area (Å²) in [6.45, 7) is 8.32. The third kappa shape index (κ3) is 5.33. The van der Waals surface area contributed by atoms with Gasteiger partial charge < -0.3 is 24.6 Å². The third-order valence-corrected chi connectivity index (χ3v) is 3.16. The maximum atomic E-state index is 12.3. The Morgan fingerprint density at radius 3 is 1.96 bits per heavy atom. The number of hydrogen-bond donors (Lipinski definition) is 2. The van der Waals surface area contributed by atoms with Crippen molar-refractivity contribution in [2.45, 2.75) is 27.7 Å². The Morgan fingerprint density at radius 1 is 1.04 bits per heavy atom.